The molecule has 2 rings (SSSR count). The van der Waals surface area contributed by atoms with E-state index < -0.39 is 0 Å². The molecule has 1 amide bonds. The molecule has 0 aromatic heterocycles. The van der Waals surface area contributed by atoms with Gasteiger partial charge in [-0.15, -0.1) is 0 Å². The van der Waals surface area contributed by atoms with Crippen molar-refractivity contribution in [2.24, 2.45) is 5.92 Å². The Morgan fingerprint density at radius 1 is 1.30 bits per heavy atom. The Kier molecular flexibility index (Phi) is 8.65. The number of amides is 1. The summed E-state index contributed by atoms with van der Waals surface area (Å²) in [6.07, 6.45) is 6.65. The molecular weight excluding hydrogens is 340 g/mol. The number of hydrogen-bond donors (Lipinski definition) is 1. The van der Waals surface area contributed by atoms with Crippen molar-refractivity contribution in [3.8, 4) is 11.5 Å². The van der Waals surface area contributed by atoms with Crippen LogP contribution in [0.25, 0.3) is 6.08 Å². The molecule has 1 N–H and O–H groups in total. The van der Waals surface area contributed by atoms with Crippen LogP contribution in [0.3, 0.4) is 0 Å². The molecule has 1 aromatic carbocycles. The zero-order chi connectivity index (χ0) is 19.6. The quantitative estimate of drug-likeness (QED) is 0.669. The number of likely N-dealkylation sites (tertiary alicyclic amines) is 1. The predicted octanol–water partition coefficient (Wildman–Crippen LogP) is 3.73. The number of hydrogen-bond acceptors (Lipinski definition) is 4. The lowest BCUT2D eigenvalue weighted by molar-refractivity contribution is -0.117. The number of ether oxygens (including phenoxy) is 2. The van der Waals surface area contributed by atoms with Crippen molar-refractivity contribution in [2.45, 2.75) is 46.1 Å². The maximum atomic E-state index is 12.2. The number of methoxy groups -OCH3 is 1. The van der Waals surface area contributed by atoms with E-state index >= 15 is 0 Å². The lowest BCUT2D eigenvalue weighted by Crippen LogP contribution is -2.44. The van der Waals surface area contributed by atoms with Gasteiger partial charge < -0.3 is 19.7 Å². The Bertz CT molecular complexity index is 620. The van der Waals surface area contributed by atoms with Crippen molar-refractivity contribution < 1.29 is 14.3 Å². The van der Waals surface area contributed by atoms with Gasteiger partial charge >= 0.3 is 0 Å². The summed E-state index contributed by atoms with van der Waals surface area (Å²) in [5.41, 5.74) is 0.914. The minimum atomic E-state index is -0.0388. The van der Waals surface area contributed by atoms with Crippen LogP contribution in [0.1, 0.15) is 45.6 Å². The molecular formula is C22H34N2O3. The maximum absolute atomic E-state index is 12.2. The SMILES string of the molecule is CCCN1CCC(NC(=O)/C=C/c2ccc(OCC(C)C)c(OC)c2)CC1. The molecule has 0 radical (unpaired) electrons. The van der Waals surface area contributed by atoms with Gasteiger partial charge in [-0.1, -0.05) is 26.8 Å². The maximum Gasteiger partial charge on any atom is 0.244 e. The fourth-order valence-electron chi connectivity index (χ4n) is 3.20. The van der Waals surface area contributed by atoms with Crippen molar-refractivity contribution in [3.05, 3.63) is 29.8 Å². The third-order valence-corrected chi connectivity index (χ3v) is 4.66. The van der Waals surface area contributed by atoms with Crippen LogP contribution in [0.15, 0.2) is 24.3 Å². The second-order valence-electron chi connectivity index (χ2n) is 7.57. The Morgan fingerprint density at radius 3 is 2.67 bits per heavy atom. The standard InChI is InChI=1S/C22H34N2O3/c1-5-12-24-13-10-19(11-14-24)23-22(25)9-7-18-6-8-20(21(15-18)26-4)27-16-17(2)3/h6-9,15,17,19H,5,10-14,16H2,1-4H3,(H,23,25)/b9-7+. The smallest absolute Gasteiger partial charge is 0.244 e. The monoisotopic (exact) mass is 374 g/mol. The van der Waals surface area contributed by atoms with Gasteiger partial charge in [-0.2, -0.15) is 0 Å². The number of piperidine rings is 1. The van der Waals surface area contributed by atoms with Gasteiger partial charge in [-0.25, -0.2) is 0 Å². The van der Waals surface area contributed by atoms with Gasteiger partial charge in [0.2, 0.25) is 5.91 Å². The van der Waals surface area contributed by atoms with Gasteiger partial charge in [0.15, 0.2) is 11.5 Å². The molecule has 150 valence electrons. The fourth-order valence-corrected chi connectivity index (χ4v) is 3.20. The Morgan fingerprint density at radius 2 is 2.04 bits per heavy atom. The molecule has 0 bridgehead atoms. The van der Waals surface area contributed by atoms with Crippen LogP contribution >= 0.6 is 0 Å². The largest absolute Gasteiger partial charge is 0.493 e. The first-order valence-corrected chi connectivity index (χ1v) is 10.0. The first-order valence-electron chi connectivity index (χ1n) is 10.0. The molecule has 1 aliphatic rings. The summed E-state index contributed by atoms with van der Waals surface area (Å²) >= 11 is 0. The van der Waals surface area contributed by atoms with Crippen LogP contribution in [0, 0.1) is 5.92 Å². The number of carbonyl (C=O) groups is 1. The molecule has 5 heteroatoms. The topological polar surface area (TPSA) is 50.8 Å². The Hall–Kier alpha value is -2.01. The highest BCUT2D eigenvalue weighted by molar-refractivity contribution is 5.92. The summed E-state index contributed by atoms with van der Waals surface area (Å²) in [6, 6.07) is 5.99. The van der Waals surface area contributed by atoms with Crippen molar-refractivity contribution in [3.63, 3.8) is 0 Å². The van der Waals surface area contributed by atoms with E-state index in [-0.39, 0.29) is 11.9 Å². The highest BCUT2D eigenvalue weighted by Gasteiger charge is 2.19. The summed E-state index contributed by atoms with van der Waals surface area (Å²) in [5.74, 6) is 1.82. The number of benzene rings is 1. The molecule has 1 fully saturated rings. The molecule has 1 aliphatic heterocycles. The summed E-state index contributed by atoms with van der Waals surface area (Å²) < 4.78 is 11.2. The lowest BCUT2D eigenvalue weighted by Gasteiger charge is -2.31. The van der Waals surface area contributed by atoms with Crippen molar-refractivity contribution >= 4 is 12.0 Å². The van der Waals surface area contributed by atoms with Gasteiger partial charge in [0.25, 0.3) is 0 Å². The molecule has 1 heterocycles. The summed E-state index contributed by atoms with van der Waals surface area (Å²) in [7, 11) is 1.63. The summed E-state index contributed by atoms with van der Waals surface area (Å²) in [6.45, 7) is 10.3. The zero-order valence-corrected chi connectivity index (χ0v) is 17.2. The van der Waals surface area contributed by atoms with E-state index in [1.165, 1.54) is 6.42 Å². The Labute approximate surface area is 163 Å². The van der Waals surface area contributed by atoms with Crippen molar-refractivity contribution in [2.75, 3.05) is 33.4 Å². The number of carbonyl (C=O) groups excluding carboxylic acids is 1. The van der Waals surface area contributed by atoms with E-state index in [2.05, 4.69) is 31.0 Å². The highest BCUT2D eigenvalue weighted by atomic mass is 16.5. The first kappa shape index (κ1) is 21.3. The highest BCUT2D eigenvalue weighted by Crippen LogP contribution is 2.29. The van der Waals surface area contributed by atoms with Crippen LogP contribution in [0.4, 0.5) is 0 Å². The molecule has 1 saturated heterocycles. The van der Waals surface area contributed by atoms with Gasteiger partial charge in [0.1, 0.15) is 0 Å². The van der Waals surface area contributed by atoms with E-state index in [9.17, 15) is 4.79 Å². The first-order chi connectivity index (χ1) is 13.0. The van der Waals surface area contributed by atoms with Crippen LogP contribution in [-0.4, -0.2) is 50.2 Å². The molecule has 1 aromatic rings. The third kappa shape index (κ3) is 7.25. The van der Waals surface area contributed by atoms with E-state index in [4.69, 9.17) is 9.47 Å². The van der Waals surface area contributed by atoms with E-state index in [1.807, 2.05) is 24.3 Å². The molecule has 0 spiro atoms. The molecule has 5 nitrogen and oxygen atoms in total. The zero-order valence-electron chi connectivity index (χ0n) is 17.2. The molecule has 0 saturated carbocycles. The molecule has 0 atom stereocenters. The second kappa shape index (κ2) is 11.0. The van der Waals surface area contributed by atoms with E-state index in [1.54, 1.807) is 13.2 Å². The van der Waals surface area contributed by atoms with Gasteiger partial charge in [-0.05, 0) is 55.5 Å². The average Bonchev–Trinajstić information content (AvgIpc) is 2.66. The lowest BCUT2D eigenvalue weighted by atomic mass is 10.0. The van der Waals surface area contributed by atoms with Crippen molar-refractivity contribution in [1.82, 2.24) is 10.2 Å². The van der Waals surface area contributed by atoms with E-state index in [0.717, 1.165) is 43.8 Å². The van der Waals surface area contributed by atoms with Gasteiger partial charge in [0, 0.05) is 25.2 Å². The normalized spacial score (nSPS) is 16.0. The van der Waals surface area contributed by atoms with Crippen molar-refractivity contribution in [1.29, 1.82) is 0 Å². The van der Waals surface area contributed by atoms with Gasteiger partial charge in [0.05, 0.1) is 13.7 Å². The number of nitrogens with zero attached hydrogens (tertiary/aromatic N) is 1. The average molecular weight is 375 g/mol. The van der Waals surface area contributed by atoms with E-state index in [0.29, 0.717) is 18.3 Å². The summed E-state index contributed by atoms with van der Waals surface area (Å²) in [5, 5.41) is 3.12. The third-order valence-electron chi connectivity index (χ3n) is 4.66. The molecule has 0 unspecified atom stereocenters. The minimum Gasteiger partial charge on any atom is -0.493 e. The molecule has 0 aliphatic carbocycles. The van der Waals surface area contributed by atoms with Crippen LogP contribution in [0.2, 0.25) is 0 Å². The van der Waals surface area contributed by atoms with Crippen LogP contribution in [0.5, 0.6) is 11.5 Å². The van der Waals surface area contributed by atoms with Crippen LogP contribution < -0.4 is 14.8 Å². The second-order valence-corrected chi connectivity index (χ2v) is 7.57. The molecule has 27 heavy (non-hydrogen) atoms. The van der Waals surface area contributed by atoms with Crippen LogP contribution in [-0.2, 0) is 4.79 Å². The predicted molar refractivity (Wildman–Crippen MR) is 110 cm³/mol. The number of nitrogens with one attached hydrogen (secondary N) is 1. The number of rotatable bonds is 9. The Balaban J connectivity index is 1.86. The fraction of sp³-hybridized carbons (Fsp3) is 0.591. The van der Waals surface area contributed by atoms with Gasteiger partial charge in [-0.3, -0.25) is 4.79 Å². The minimum absolute atomic E-state index is 0.0388. The summed E-state index contributed by atoms with van der Waals surface area (Å²) in [4.78, 5) is 14.7.